The largest absolute Gasteiger partial charge is 0.389 e. The molecule has 0 unspecified atom stereocenters. The minimum atomic E-state index is -2.91. The van der Waals surface area contributed by atoms with E-state index >= 15 is 0 Å². The van der Waals surface area contributed by atoms with Crippen LogP contribution < -0.4 is 10.6 Å². The van der Waals surface area contributed by atoms with Crippen LogP contribution in [0, 0.1) is 0 Å². The van der Waals surface area contributed by atoms with Crippen LogP contribution in [0.25, 0.3) is 0 Å². The Bertz CT molecular complexity index is 573. The van der Waals surface area contributed by atoms with Crippen LogP contribution in [0.15, 0.2) is 18.2 Å². The first-order chi connectivity index (χ1) is 8.39. The lowest BCUT2D eigenvalue weighted by Gasteiger charge is -2.30. The van der Waals surface area contributed by atoms with Crippen molar-refractivity contribution in [3.63, 3.8) is 0 Å². The summed E-state index contributed by atoms with van der Waals surface area (Å²) in [5, 5.41) is 0.582. The molecule has 0 amide bonds. The number of hydrogen-bond acceptors (Lipinski definition) is 4. The van der Waals surface area contributed by atoms with Crippen LogP contribution in [0.1, 0.15) is 5.56 Å². The number of halogens is 1. The molecule has 2 N–H and O–H groups in total. The van der Waals surface area contributed by atoms with Gasteiger partial charge in [0.05, 0.1) is 11.5 Å². The van der Waals surface area contributed by atoms with Gasteiger partial charge in [0.15, 0.2) is 9.84 Å². The third-order valence-electron chi connectivity index (χ3n) is 2.91. The van der Waals surface area contributed by atoms with Crippen LogP contribution in [-0.2, 0) is 9.84 Å². The van der Waals surface area contributed by atoms with Gasteiger partial charge in [-0.05, 0) is 18.2 Å². The van der Waals surface area contributed by atoms with Crippen molar-refractivity contribution in [1.82, 2.24) is 0 Å². The molecule has 0 bridgehead atoms. The van der Waals surface area contributed by atoms with Crippen molar-refractivity contribution in [2.24, 2.45) is 5.73 Å². The predicted octanol–water partition coefficient (Wildman–Crippen LogP) is 1.21. The van der Waals surface area contributed by atoms with E-state index in [1.54, 1.807) is 18.2 Å². The fraction of sp³-hybridized carbons (Fsp3) is 0.364. The highest BCUT2D eigenvalue weighted by molar-refractivity contribution is 7.91. The summed E-state index contributed by atoms with van der Waals surface area (Å²) in [5.74, 6) is 0.298. The number of nitrogens with two attached hydrogens (primary N) is 1. The number of anilines is 1. The average Bonchev–Trinajstić information content (AvgIpc) is 2.28. The van der Waals surface area contributed by atoms with Gasteiger partial charge >= 0.3 is 0 Å². The van der Waals surface area contributed by atoms with Gasteiger partial charge in [0, 0.05) is 29.4 Å². The number of hydrogen-bond donors (Lipinski definition) is 1. The summed E-state index contributed by atoms with van der Waals surface area (Å²) in [6.45, 7) is 0.885. The number of thiocarbonyl (C=S) groups is 1. The van der Waals surface area contributed by atoms with Crippen LogP contribution >= 0.6 is 23.8 Å². The molecular formula is C11H13ClN2O2S2. The molecule has 1 aliphatic heterocycles. The maximum Gasteiger partial charge on any atom is 0.153 e. The zero-order valence-electron chi connectivity index (χ0n) is 9.60. The Morgan fingerprint density at radius 3 is 2.50 bits per heavy atom. The molecular weight excluding hydrogens is 292 g/mol. The standard InChI is InChI=1S/C11H13ClN2O2S2/c12-8-1-2-9(11(13)17)10(7-8)14-3-5-18(15,16)6-4-14/h1-2,7H,3-6H2,(H2,13,17). The lowest BCUT2D eigenvalue weighted by Crippen LogP contribution is -2.41. The van der Waals surface area contributed by atoms with Crippen LogP contribution in [0.3, 0.4) is 0 Å². The molecule has 1 aromatic carbocycles. The first kappa shape index (κ1) is 13.6. The predicted molar refractivity (Wildman–Crippen MR) is 78.2 cm³/mol. The fourth-order valence-electron chi connectivity index (χ4n) is 1.93. The molecule has 0 saturated carbocycles. The van der Waals surface area contributed by atoms with E-state index in [0.29, 0.717) is 18.1 Å². The smallest absolute Gasteiger partial charge is 0.153 e. The molecule has 1 fully saturated rings. The van der Waals surface area contributed by atoms with Gasteiger partial charge in [-0.2, -0.15) is 0 Å². The lowest BCUT2D eigenvalue weighted by atomic mass is 10.1. The van der Waals surface area contributed by atoms with Crippen molar-refractivity contribution < 1.29 is 8.42 Å². The van der Waals surface area contributed by atoms with E-state index < -0.39 is 9.84 Å². The van der Waals surface area contributed by atoms with Crippen LogP contribution in [0.2, 0.25) is 5.02 Å². The molecule has 7 heteroatoms. The lowest BCUT2D eigenvalue weighted by molar-refractivity contribution is 0.587. The minimum Gasteiger partial charge on any atom is -0.389 e. The first-order valence-corrected chi connectivity index (χ1v) is 8.04. The van der Waals surface area contributed by atoms with E-state index in [4.69, 9.17) is 29.6 Å². The Hall–Kier alpha value is -0.850. The molecule has 0 aliphatic carbocycles. The maximum absolute atomic E-state index is 11.4. The number of nitrogens with zero attached hydrogens (tertiary/aromatic N) is 1. The second-order valence-electron chi connectivity index (χ2n) is 4.16. The van der Waals surface area contributed by atoms with Gasteiger partial charge in [-0.3, -0.25) is 0 Å². The minimum absolute atomic E-state index is 0.149. The van der Waals surface area contributed by atoms with E-state index in [-0.39, 0.29) is 16.5 Å². The molecule has 1 saturated heterocycles. The van der Waals surface area contributed by atoms with Crippen LogP contribution in [0.4, 0.5) is 5.69 Å². The summed E-state index contributed by atoms with van der Waals surface area (Å²) in [6, 6.07) is 5.26. The Morgan fingerprint density at radius 2 is 1.94 bits per heavy atom. The van der Waals surface area contributed by atoms with Gasteiger partial charge < -0.3 is 10.6 Å². The molecule has 1 aromatic rings. The van der Waals surface area contributed by atoms with Crippen molar-refractivity contribution in [2.75, 3.05) is 29.5 Å². The Kier molecular flexibility index (Phi) is 3.79. The third kappa shape index (κ3) is 2.93. The van der Waals surface area contributed by atoms with E-state index in [2.05, 4.69) is 0 Å². The zero-order valence-corrected chi connectivity index (χ0v) is 12.0. The normalized spacial score (nSPS) is 18.6. The first-order valence-electron chi connectivity index (χ1n) is 5.44. The van der Waals surface area contributed by atoms with Crippen molar-refractivity contribution in [1.29, 1.82) is 0 Å². The molecule has 4 nitrogen and oxygen atoms in total. The van der Waals surface area contributed by atoms with Crippen molar-refractivity contribution in [3.05, 3.63) is 28.8 Å². The van der Waals surface area contributed by atoms with Gasteiger partial charge in [0.2, 0.25) is 0 Å². The molecule has 0 atom stereocenters. The van der Waals surface area contributed by atoms with Gasteiger partial charge in [0.1, 0.15) is 4.99 Å². The number of sulfone groups is 1. The summed E-state index contributed by atoms with van der Waals surface area (Å²) in [4.78, 5) is 2.25. The Balaban J connectivity index is 2.33. The van der Waals surface area contributed by atoms with Gasteiger partial charge in [-0.25, -0.2) is 8.42 Å². The van der Waals surface area contributed by atoms with E-state index in [0.717, 1.165) is 11.3 Å². The van der Waals surface area contributed by atoms with Crippen molar-refractivity contribution in [3.8, 4) is 0 Å². The second-order valence-corrected chi connectivity index (χ2v) is 7.34. The molecule has 2 rings (SSSR count). The monoisotopic (exact) mass is 304 g/mol. The van der Waals surface area contributed by atoms with Crippen molar-refractivity contribution in [2.45, 2.75) is 0 Å². The summed E-state index contributed by atoms with van der Waals surface area (Å²) in [5.41, 5.74) is 7.21. The molecule has 1 aliphatic rings. The van der Waals surface area contributed by atoms with Crippen LogP contribution in [-0.4, -0.2) is 38.0 Å². The molecule has 0 radical (unpaired) electrons. The fourth-order valence-corrected chi connectivity index (χ4v) is 3.47. The summed E-state index contributed by atoms with van der Waals surface area (Å²) in [6.07, 6.45) is 0. The summed E-state index contributed by atoms with van der Waals surface area (Å²) in [7, 11) is -2.91. The second kappa shape index (κ2) is 5.03. The molecule has 18 heavy (non-hydrogen) atoms. The number of benzene rings is 1. The average molecular weight is 305 g/mol. The SMILES string of the molecule is NC(=S)c1ccc(Cl)cc1N1CCS(=O)(=O)CC1. The van der Waals surface area contributed by atoms with E-state index in [1.165, 1.54) is 0 Å². The third-order valence-corrected chi connectivity index (χ3v) is 4.97. The highest BCUT2D eigenvalue weighted by atomic mass is 35.5. The van der Waals surface area contributed by atoms with E-state index in [9.17, 15) is 8.42 Å². The highest BCUT2D eigenvalue weighted by Gasteiger charge is 2.23. The van der Waals surface area contributed by atoms with Crippen molar-refractivity contribution >= 4 is 44.3 Å². The molecule has 98 valence electrons. The van der Waals surface area contributed by atoms with E-state index in [1.807, 2.05) is 4.90 Å². The van der Waals surface area contributed by atoms with Gasteiger partial charge in [0.25, 0.3) is 0 Å². The molecule has 0 aromatic heterocycles. The zero-order chi connectivity index (χ0) is 13.3. The maximum atomic E-state index is 11.4. The number of rotatable bonds is 2. The Labute approximate surface area is 117 Å². The van der Waals surface area contributed by atoms with Gasteiger partial charge in [-0.1, -0.05) is 23.8 Å². The topological polar surface area (TPSA) is 63.4 Å². The van der Waals surface area contributed by atoms with Gasteiger partial charge in [-0.15, -0.1) is 0 Å². The molecule has 1 heterocycles. The summed E-state index contributed by atoms with van der Waals surface area (Å²) < 4.78 is 22.8. The highest BCUT2D eigenvalue weighted by Crippen LogP contribution is 2.26. The Morgan fingerprint density at radius 1 is 1.33 bits per heavy atom. The quantitative estimate of drug-likeness (QED) is 0.832. The summed E-state index contributed by atoms with van der Waals surface area (Å²) >= 11 is 11.0. The molecule has 0 spiro atoms. The van der Waals surface area contributed by atoms with Crippen LogP contribution in [0.5, 0.6) is 0 Å².